The number of piperidine rings is 1. The number of carbonyl (C=O) groups is 1. The Labute approximate surface area is 203 Å². The molecule has 1 aliphatic rings. The van der Waals surface area contributed by atoms with E-state index in [-0.39, 0.29) is 11.7 Å². The van der Waals surface area contributed by atoms with Crippen molar-refractivity contribution in [3.05, 3.63) is 95.7 Å². The summed E-state index contributed by atoms with van der Waals surface area (Å²) in [5, 5.41) is 0. The van der Waals surface area contributed by atoms with Crippen molar-refractivity contribution in [2.75, 3.05) is 13.1 Å². The second kappa shape index (κ2) is 10.1. The van der Waals surface area contributed by atoms with E-state index in [2.05, 4.69) is 15.0 Å². The number of likely N-dealkylation sites (tertiary alicyclic amines) is 1. The van der Waals surface area contributed by atoms with Crippen molar-refractivity contribution < 1.29 is 9.18 Å². The van der Waals surface area contributed by atoms with E-state index < -0.39 is 0 Å². The van der Waals surface area contributed by atoms with Crippen LogP contribution in [0.2, 0.25) is 0 Å². The van der Waals surface area contributed by atoms with Crippen LogP contribution < -0.4 is 0 Å². The molecule has 4 heterocycles. The highest BCUT2D eigenvalue weighted by Crippen LogP contribution is 2.23. The van der Waals surface area contributed by atoms with Crippen molar-refractivity contribution >= 4 is 5.91 Å². The van der Waals surface area contributed by atoms with E-state index in [1.807, 2.05) is 34.8 Å². The number of carbonyl (C=O) groups excluding carboxylic acids is 1. The molecule has 1 atom stereocenters. The maximum atomic E-state index is 13.2. The fraction of sp³-hybridized carbons (Fsp3) is 0.296. The number of rotatable bonds is 6. The number of aromatic nitrogens is 5. The van der Waals surface area contributed by atoms with Gasteiger partial charge in [0.15, 0.2) is 5.82 Å². The molecule has 0 N–H and O–H groups in total. The number of hydrogen-bond donors (Lipinski definition) is 0. The largest absolute Gasteiger partial charge is 0.338 e. The second-order valence-electron chi connectivity index (χ2n) is 9.06. The average molecular weight is 471 g/mol. The molecule has 1 amide bonds. The SMILES string of the molecule is Cn1ccnc1-c1cncc(CC2CCCN(C(=O)c3ccc(Cc4ccc(F)cc4)nc3)C2)n1. The summed E-state index contributed by atoms with van der Waals surface area (Å²) in [6.45, 7) is 1.43. The van der Waals surface area contributed by atoms with Crippen LogP contribution >= 0.6 is 0 Å². The maximum Gasteiger partial charge on any atom is 0.255 e. The molecule has 1 aromatic carbocycles. The summed E-state index contributed by atoms with van der Waals surface area (Å²) in [6, 6.07) is 10.1. The summed E-state index contributed by atoms with van der Waals surface area (Å²) >= 11 is 0. The number of hydrogen-bond acceptors (Lipinski definition) is 5. The van der Waals surface area contributed by atoms with Crippen LogP contribution in [0.5, 0.6) is 0 Å². The van der Waals surface area contributed by atoms with Gasteiger partial charge in [-0.25, -0.2) is 14.4 Å². The van der Waals surface area contributed by atoms with Crippen molar-refractivity contribution in [2.24, 2.45) is 13.0 Å². The minimum Gasteiger partial charge on any atom is -0.338 e. The third-order valence-electron chi connectivity index (χ3n) is 6.41. The van der Waals surface area contributed by atoms with Gasteiger partial charge in [0, 0.05) is 57.0 Å². The van der Waals surface area contributed by atoms with Crippen LogP contribution in [0.1, 0.15) is 40.2 Å². The number of halogens is 1. The van der Waals surface area contributed by atoms with Crippen LogP contribution in [0.4, 0.5) is 4.39 Å². The van der Waals surface area contributed by atoms with E-state index in [0.717, 1.165) is 54.3 Å². The topological polar surface area (TPSA) is 76.8 Å². The lowest BCUT2D eigenvalue weighted by Gasteiger charge is -2.32. The monoisotopic (exact) mass is 470 g/mol. The number of imidazole rings is 1. The van der Waals surface area contributed by atoms with Gasteiger partial charge in [-0.2, -0.15) is 0 Å². The molecule has 35 heavy (non-hydrogen) atoms. The number of benzene rings is 1. The first-order valence-electron chi connectivity index (χ1n) is 11.8. The standard InChI is InChI=1S/C27H27FN6O/c1-33-12-10-30-26(33)25-17-29-16-24(32-25)14-20-3-2-11-34(18-20)27(35)21-6-9-23(31-15-21)13-19-4-7-22(28)8-5-19/h4-10,12,15-17,20H,2-3,11,13-14,18H2,1H3. The molecule has 0 spiro atoms. The molecule has 178 valence electrons. The van der Waals surface area contributed by atoms with Gasteiger partial charge in [-0.05, 0) is 55.0 Å². The lowest BCUT2D eigenvalue weighted by molar-refractivity contribution is 0.0672. The van der Waals surface area contributed by atoms with Crippen LogP contribution in [0.15, 0.2) is 67.4 Å². The normalized spacial score (nSPS) is 15.8. The molecule has 1 fully saturated rings. The summed E-state index contributed by atoms with van der Waals surface area (Å²) in [5.74, 6) is 0.859. The first-order chi connectivity index (χ1) is 17.0. The predicted octanol–water partition coefficient (Wildman–Crippen LogP) is 4.10. The van der Waals surface area contributed by atoms with E-state index in [1.165, 1.54) is 12.1 Å². The Kier molecular flexibility index (Phi) is 6.61. The zero-order valence-electron chi connectivity index (χ0n) is 19.6. The van der Waals surface area contributed by atoms with Gasteiger partial charge < -0.3 is 9.47 Å². The fourth-order valence-corrected chi connectivity index (χ4v) is 4.59. The van der Waals surface area contributed by atoms with Gasteiger partial charge in [0.05, 0.1) is 17.5 Å². The lowest BCUT2D eigenvalue weighted by Crippen LogP contribution is -2.40. The maximum absolute atomic E-state index is 13.2. The summed E-state index contributed by atoms with van der Waals surface area (Å²) in [6.07, 6.45) is 12.2. The number of amides is 1. The van der Waals surface area contributed by atoms with Crippen LogP contribution in [0.25, 0.3) is 11.5 Å². The number of nitrogens with zero attached hydrogens (tertiary/aromatic N) is 6. The van der Waals surface area contributed by atoms with Crippen LogP contribution in [-0.4, -0.2) is 48.4 Å². The van der Waals surface area contributed by atoms with E-state index in [0.29, 0.717) is 24.4 Å². The van der Waals surface area contributed by atoms with Gasteiger partial charge in [0.25, 0.3) is 5.91 Å². The molecule has 5 rings (SSSR count). The minimum atomic E-state index is -0.254. The number of aryl methyl sites for hydroxylation is 1. The summed E-state index contributed by atoms with van der Waals surface area (Å²) < 4.78 is 15.0. The smallest absolute Gasteiger partial charge is 0.255 e. The van der Waals surface area contributed by atoms with Crippen LogP contribution in [-0.2, 0) is 19.9 Å². The van der Waals surface area contributed by atoms with Crippen LogP contribution in [0, 0.1) is 11.7 Å². The summed E-state index contributed by atoms with van der Waals surface area (Å²) in [4.78, 5) is 33.0. The van der Waals surface area contributed by atoms with E-state index >= 15 is 0 Å². The van der Waals surface area contributed by atoms with E-state index in [1.54, 1.807) is 36.9 Å². The Morgan fingerprint density at radius 2 is 1.91 bits per heavy atom. The Hall–Kier alpha value is -3.94. The van der Waals surface area contributed by atoms with Crippen LogP contribution in [0.3, 0.4) is 0 Å². The Morgan fingerprint density at radius 1 is 1.06 bits per heavy atom. The molecule has 8 heteroatoms. The highest BCUT2D eigenvalue weighted by atomic mass is 19.1. The first kappa shape index (κ1) is 22.8. The van der Waals surface area contributed by atoms with Crippen molar-refractivity contribution in [1.29, 1.82) is 0 Å². The molecule has 4 aromatic rings. The molecule has 0 saturated carbocycles. The third kappa shape index (κ3) is 5.42. The van der Waals surface area contributed by atoms with Crippen molar-refractivity contribution in [3.8, 4) is 11.5 Å². The molecule has 0 aliphatic carbocycles. The zero-order valence-corrected chi connectivity index (χ0v) is 19.6. The van der Waals surface area contributed by atoms with Gasteiger partial charge in [0.1, 0.15) is 11.5 Å². The Morgan fingerprint density at radius 3 is 2.66 bits per heavy atom. The molecular weight excluding hydrogens is 443 g/mol. The van der Waals surface area contributed by atoms with E-state index in [4.69, 9.17) is 4.98 Å². The van der Waals surface area contributed by atoms with Crippen molar-refractivity contribution in [1.82, 2.24) is 29.4 Å². The molecule has 1 saturated heterocycles. The fourth-order valence-electron chi connectivity index (χ4n) is 4.59. The molecular formula is C27H27FN6O. The second-order valence-corrected chi connectivity index (χ2v) is 9.06. The summed E-state index contributed by atoms with van der Waals surface area (Å²) in [5.41, 5.74) is 4.08. The zero-order chi connectivity index (χ0) is 24.2. The Bertz CT molecular complexity index is 1300. The lowest BCUT2D eigenvalue weighted by atomic mass is 9.93. The van der Waals surface area contributed by atoms with Crippen molar-refractivity contribution in [2.45, 2.75) is 25.7 Å². The van der Waals surface area contributed by atoms with Gasteiger partial charge >= 0.3 is 0 Å². The molecule has 3 aromatic heterocycles. The molecule has 0 bridgehead atoms. The van der Waals surface area contributed by atoms with Gasteiger partial charge in [0.2, 0.25) is 0 Å². The van der Waals surface area contributed by atoms with Crippen molar-refractivity contribution in [3.63, 3.8) is 0 Å². The molecule has 0 radical (unpaired) electrons. The van der Waals surface area contributed by atoms with E-state index in [9.17, 15) is 9.18 Å². The van der Waals surface area contributed by atoms with Gasteiger partial charge in [-0.3, -0.25) is 14.8 Å². The van der Waals surface area contributed by atoms with Gasteiger partial charge in [-0.15, -0.1) is 0 Å². The van der Waals surface area contributed by atoms with Gasteiger partial charge in [-0.1, -0.05) is 12.1 Å². The Balaban J connectivity index is 1.21. The predicted molar refractivity (Wildman–Crippen MR) is 130 cm³/mol. The third-order valence-corrected chi connectivity index (χ3v) is 6.41. The number of pyridine rings is 1. The minimum absolute atomic E-state index is 0.00313. The first-order valence-corrected chi connectivity index (χ1v) is 11.8. The average Bonchev–Trinajstić information content (AvgIpc) is 3.32. The highest BCUT2D eigenvalue weighted by molar-refractivity contribution is 5.94. The molecule has 1 unspecified atom stereocenters. The quantitative estimate of drug-likeness (QED) is 0.424. The summed E-state index contributed by atoms with van der Waals surface area (Å²) in [7, 11) is 1.94. The highest BCUT2D eigenvalue weighted by Gasteiger charge is 2.25. The molecule has 1 aliphatic heterocycles. The molecule has 7 nitrogen and oxygen atoms in total.